The molecule has 1 fully saturated rings. The number of aryl methyl sites for hydroxylation is 4. The zero-order valence-corrected chi connectivity index (χ0v) is 31.9. The second kappa shape index (κ2) is 18.8. The first-order valence-electron chi connectivity index (χ1n) is 13.2. The molecule has 4 aromatic rings. The van der Waals surface area contributed by atoms with Crippen LogP contribution in [0.5, 0.6) is 0 Å². The third kappa shape index (κ3) is 10.9. The molecule has 0 bridgehead atoms. The fourth-order valence-electron chi connectivity index (χ4n) is 4.58. The lowest BCUT2D eigenvalue weighted by Gasteiger charge is -2.30. The number of nitrogen functional groups attached to an aromatic ring is 1. The maximum absolute atomic E-state index is 5.93. The van der Waals surface area contributed by atoms with Crippen LogP contribution in [0.1, 0.15) is 41.5 Å². The number of para-hydroxylation sites is 2. The van der Waals surface area contributed by atoms with Gasteiger partial charge in [-0.2, -0.15) is 0 Å². The van der Waals surface area contributed by atoms with Crippen molar-refractivity contribution >= 4 is 96.1 Å². The molecule has 2 N–H and O–H groups in total. The summed E-state index contributed by atoms with van der Waals surface area (Å²) in [5.41, 5.74) is 13.5. The van der Waals surface area contributed by atoms with Crippen molar-refractivity contribution in [1.29, 1.82) is 0 Å². The number of nitrogens with two attached hydrogens (primary N) is 1. The van der Waals surface area contributed by atoms with E-state index in [-0.39, 0.29) is 24.0 Å². The SMILES string of the molecule is Cc1ccc(Sc2ccccc2N)c(C)c1.Cc1ccc(Sc2ccccc2N2CCCCC2)c(C)c1.I.II. The van der Waals surface area contributed by atoms with Crippen LogP contribution in [0.25, 0.3) is 0 Å². The highest BCUT2D eigenvalue weighted by Gasteiger charge is 2.15. The molecular formula is C33H39I3N2S2. The van der Waals surface area contributed by atoms with E-state index in [9.17, 15) is 0 Å². The minimum absolute atomic E-state index is 0. The van der Waals surface area contributed by atoms with Gasteiger partial charge >= 0.3 is 0 Å². The predicted molar refractivity (Wildman–Crippen MR) is 207 cm³/mol. The van der Waals surface area contributed by atoms with E-state index in [0.29, 0.717) is 0 Å². The van der Waals surface area contributed by atoms with Crippen LogP contribution in [0.3, 0.4) is 0 Å². The Morgan fingerprint density at radius 2 is 1.07 bits per heavy atom. The van der Waals surface area contributed by atoms with E-state index < -0.39 is 0 Å². The van der Waals surface area contributed by atoms with Crippen LogP contribution >= 0.6 is 84.7 Å². The van der Waals surface area contributed by atoms with E-state index in [1.54, 1.807) is 11.8 Å². The average molecular weight is 909 g/mol. The molecule has 40 heavy (non-hydrogen) atoms. The minimum atomic E-state index is 0. The van der Waals surface area contributed by atoms with E-state index in [4.69, 9.17) is 5.73 Å². The lowest BCUT2D eigenvalue weighted by molar-refractivity contribution is 0.575. The van der Waals surface area contributed by atoms with Crippen LogP contribution in [-0.4, -0.2) is 13.1 Å². The smallest absolute Gasteiger partial charge is 0.0508 e. The highest BCUT2D eigenvalue weighted by Crippen LogP contribution is 2.38. The molecule has 0 spiro atoms. The summed E-state index contributed by atoms with van der Waals surface area (Å²) < 4.78 is 0. The first kappa shape index (κ1) is 35.6. The van der Waals surface area contributed by atoms with E-state index in [1.165, 1.54) is 75.0 Å². The Bertz CT molecular complexity index is 1340. The predicted octanol–water partition coefficient (Wildman–Crippen LogP) is 11.9. The molecule has 1 aliphatic heterocycles. The molecule has 0 atom stereocenters. The summed E-state index contributed by atoms with van der Waals surface area (Å²) in [6.45, 7) is 11.0. The third-order valence-corrected chi connectivity index (χ3v) is 9.09. The minimum Gasteiger partial charge on any atom is -0.398 e. The lowest BCUT2D eigenvalue weighted by Crippen LogP contribution is -2.29. The highest BCUT2D eigenvalue weighted by molar-refractivity contribution is 15.0. The molecule has 0 aliphatic carbocycles. The van der Waals surface area contributed by atoms with Gasteiger partial charge in [0.15, 0.2) is 0 Å². The van der Waals surface area contributed by atoms with Gasteiger partial charge < -0.3 is 10.6 Å². The lowest BCUT2D eigenvalue weighted by atomic mass is 10.1. The summed E-state index contributed by atoms with van der Waals surface area (Å²) in [5.74, 6) is 0. The van der Waals surface area contributed by atoms with Crippen molar-refractivity contribution in [2.24, 2.45) is 0 Å². The Balaban J connectivity index is 0.000000266. The number of anilines is 2. The Morgan fingerprint density at radius 3 is 1.60 bits per heavy atom. The molecule has 1 heterocycles. The van der Waals surface area contributed by atoms with Crippen molar-refractivity contribution in [2.45, 2.75) is 66.5 Å². The molecule has 7 heteroatoms. The third-order valence-electron chi connectivity index (χ3n) is 6.58. The summed E-state index contributed by atoms with van der Waals surface area (Å²) in [7, 11) is 0. The largest absolute Gasteiger partial charge is 0.398 e. The van der Waals surface area contributed by atoms with Gasteiger partial charge in [-0.3, -0.25) is 0 Å². The van der Waals surface area contributed by atoms with Gasteiger partial charge in [0.1, 0.15) is 0 Å². The quantitative estimate of drug-likeness (QED) is 0.160. The molecule has 214 valence electrons. The topological polar surface area (TPSA) is 29.3 Å². The monoisotopic (exact) mass is 908 g/mol. The van der Waals surface area contributed by atoms with Gasteiger partial charge in [-0.25, -0.2) is 0 Å². The number of rotatable bonds is 5. The van der Waals surface area contributed by atoms with Crippen LogP contribution in [0.4, 0.5) is 11.4 Å². The van der Waals surface area contributed by atoms with Crippen molar-refractivity contribution in [3.05, 3.63) is 107 Å². The van der Waals surface area contributed by atoms with E-state index in [1.807, 2.05) is 30.0 Å². The van der Waals surface area contributed by atoms with Crippen molar-refractivity contribution in [2.75, 3.05) is 23.7 Å². The van der Waals surface area contributed by atoms with Gasteiger partial charge in [-0.1, -0.05) is 83.2 Å². The van der Waals surface area contributed by atoms with E-state index >= 15 is 0 Å². The second-order valence-electron chi connectivity index (χ2n) is 9.80. The first-order valence-corrected chi connectivity index (χ1v) is 21.2. The zero-order chi connectivity index (χ0) is 28.2. The molecule has 0 amide bonds. The number of hydrogen-bond donors (Lipinski definition) is 1. The normalized spacial score (nSPS) is 12.3. The summed E-state index contributed by atoms with van der Waals surface area (Å²) >= 11 is 7.87. The van der Waals surface area contributed by atoms with Crippen molar-refractivity contribution in [3.63, 3.8) is 0 Å². The number of piperidine rings is 1. The average Bonchev–Trinajstić information content (AvgIpc) is 2.95. The van der Waals surface area contributed by atoms with Crippen LogP contribution in [0.15, 0.2) is 105 Å². The van der Waals surface area contributed by atoms with Gasteiger partial charge in [0.25, 0.3) is 0 Å². The molecule has 0 saturated carbocycles. The molecule has 2 nitrogen and oxygen atoms in total. The van der Waals surface area contributed by atoms with Gasteiger partial charge in [0.2, 0.25) is 0 Å². The van der Waals surface area contributed by atoms with Crippen LogP contribution < -0.4 is 10.6 Å². The van der Waals surface area contributed by atoms with E-state index in [0.717, 1.165) is 10.6 Å². The van der Waals surface area contributed by atoms with Crippen LogP contribution in [0, 0.1) is 27.7 Å². The van der Waals surface area contributed by atoms with E-state index in [2.05, 4.69) is 137 Å². The Morgan fingerprint density at radius 1 is 0.600 bits per heavy atom. The summed E-state index contributed by atoms with van der Waals surface area (Å²) in [6.07, 6.45) is 4.02. The Labute approximate surface area is 290 Å². The molecule has 0 radical (unpaired) electrons. The fourth-order valence-corrected chi connectivity index (χ4v) is 6.54. The molecular weight excluding hydrogens is 869 g/mol. The number of hydrogen-bond acceptors (Lipinski definition) is 4. The maximum atomic E-state index is 5.93. The number of halogens is 3. The Kier molecular flexibility index (Phi) is 16.7. The first-order chi connectivity index (χ1) is 18.9. The van der Waals surface area contributed by atoms with Gasteiger partial charge in [0, 0.05) is 75.6 Å². The Hall–Kier alpha value is -0.630. The maximum Gasteiger partial charge on any atom is 0.0508 e. The summed E-state index contributed by atoms with van der Waals surface area (Å²) in [6, 6.07) is 30.0. The molecule has 1 saturated heterocycles. The van der Waals surface area contributed by atoms with Crippen molar-refractivity contribution in [1.82, 2.24) is 0 Å². The highest BCUT2D eigenvalue weighted by atomic mass is 128. The summed E-state index contributed by atoms with van der Waals surface area (Å²) in [4.78, 5) is 7.68. The van der Waals surface area contributed by atoms with Gasteiger partial charge in [0.05, 0.1) is 5.69 Å². The van der Waals surface area contributed by atoms with Gasteiger partial charge in [-0.05, 0) is 94.5 Å². The molecule has 0 unspecified atom stereocenters. The zero-order valence-electron chi connectivity index (χ0n) is 23.6. The standard InChI is InChI=1S/C19H23NS.C14H15NS.I2.HI/c1-15-10-11-18(16(2)14-15)21-19-9-5-4-8-17(19)20-12-6-3-7-13-20;1-10-7-8-13(11(2)9-10)16-14-6-4-3-5-12(14)15;1-2;/h4-5,8-11,14H,3,6-7,12-13H2,1-2H3;3-9H,15H2,1-2H3;;1H. The second-order valence-corrected chi connectivity index (χ2v) is 12.0. The van der Waals surface area contributed by atoms with Crippen molar-refractivity contribution in [3.8, 4) is 0 Å². The number of benzene rings is 4. The molecule has 5 rings (SSSR count). The van der Waals surface area contributed by atoms with Crippen molar-refractivity contribution < 1.29 is 0 Å². The molecule has 4 aromatic carbocycles. The molecule has 1 aliphatic rings. The van der Waals surface area contributed by atoms with Crippen LogP contribution in [-0.2, 0) is 0 Å². The fraction of sp³-hybridized carbons (Fsp3) is 0.273. The van der Waals surface area contributed by atoms with Gasteiger partial charge in [-0.15, -0.1) is 24.0 Å². The summed E-state index contributed by atoms with van der Waals surface area (Å²) in [5, 5.41) is 0. The number of nitrogens with zero attached hydrogens (tertiary/aromatic N) is 1. The molecule has 0 aromatic heterocycles. The van der Waals surface area contributed by atoms with Crippen LogP contribution in [0.2, 0.25) is 0 Å².